The van der Waals surface area contributed by atoms with Crippen molar-refractivity contribution in [3.05, 3.63) is 41.9 Å². The Balaban J connectivity index is 1.67. The number of nitrogens with one attached hydrogen (secondary N) is 1. The highest BCUT2D eigenvalue weighted by Gasteiger charge is 2.22. The first kappa shape index (κ1) is 13.0. The van der Waals surface area contributed by atoms with Crippen molar-refractivity contribution in [2.24, 2.45) is 0 Å². The van der Waals surface area contributed by atoms with Gasteiger partial charge in [0.25, 0.3) is 0 Å². The molecule has 1 amide bonds. The predicted molar refractivity (Wildman–Crippen MR) is 74.1 cm³/mol. The lowest BCUT2D eigenvalue weighted by atomic mass is 10.0. The summed E-state index contributed by atoms with van der Waals surface area (Å²) in [6, 6.07) is 3.43. The number of fused-ring (bicyclic) bond motifs is 1. The standard InChI is InChI=1S/C15H19N3O2/c1-11(15(19)16-9-12-5-4-8-20-12)18-10-17-13-6-2-3-7-14(13)18/h4-5,8,10-11H,2-3,6-7,9H2,1H3,(H,16,19). The van der Waals surface area contributed by atoms with Crippen molar-refractivity contribution in [1.82, 2.24) is 14.9 Å². The van der Waals surface area contributed by atoms with Crippen LogP contribution < -0.4 is 5.32 Å². The molecule has 106 valence electrons. The molecule has 0 fully saturated rings. The number of furan rings is 1. The number of hydrogen-bond acceptors (Lipinski definition) is 3. The third-order valence-electron chi connectivity index (χ3n) is 3.87. The molecule has 0 aromatic carbocycles. The van der Waals surface area contributed by atoms with Crippen LogP contribution in [0.4, 0.5) is 0 Å². The molecular formula is C15H19N3O2. The summed E-state index contributed by atoms with van der Waals surface area (Å²) >= 11 is 0. The average molecular weight is 273 g/mol. The van der Waals surface area contributed by atoms with E-state index in [1.54, 1.807) is 12.6 Å². The van der Waals surface area contributed by atoms with E-state index in [-0.39, 0.29) is 11.9 Å². The Labute approximate surface area is 118 Å². The molecule has 20 heavy (non-hydrogen) atoms. The van der Waals surface area contributed by atoms with Gasteiger partial charge in [-0.3, -0.25) is 4.79 Å². The Bertz CT molecular complexity index is 586. The molecular weight excluding hydrogens is 254 g/mol. The zero-order valence-electron chi connectivity index (χ0n) is 11.6. The first-order valence-electron chi connectivity index (χ1n) is 7.10. The van der Waals surface area contributed by atoms with Crippen molar-refractivity contribution in [3.8, 4) is 0 Å². The number of hydrogen-bond donors (Lipinski definition) is 1. The van der Waals surface area contributed by atoms with Gasteiger partial charge in [-0.25, -0.2) is 4.98 Å². The van der Waals surface area contributed by atoms with Crippen LogP contribution in [0.5, 0.6) is 0 Å². The second-order valence-electron chi connectivity index (χ2n) is 5.23. The van der Waals surface area contributed by atoms with Crippen molar-refractivity contribution < 1.29 is 9.21 Å². The molecule has 0 bridgehead atoms. The Kier molecular flexibility index (Phi) is 3.58. The summed E-state index contributed by atoms with van der Waals surface area (Å²) in [5.74, 6) is 0.755. The number of aryl methyl sites for hydroxylation is 1. The van der Waals surface area contributed by atoms with E-state index in [0.717, 1.165) is 24.3 Å². The van der Waals surface area contributed by atoms with Crippen LogP contribution in [0.1, 0.15) is 43.0 Å². The molecule has 0 saturated carbocycles. The fraction of sp³-hybridized carbons (Fsp3) is 0.467. The van der Waals surface area contributed by atoms with Gasteiger partial charge in [-0.2, -0.15) is 0 Å². The van der Waals surface area contributed by atoms with E-state index in [4.69, 9.17) is 4.42 Å². The minimum atomic E-state index is -0.237. The number of amides is 1. The molecule has 0 radical (unpaired) electrons. The summed E-state index contributed by atoms with van der Waals surface area (Å²) in [5, 5.41) is 2.90. The van der Waals surface area contributed by atoms with Gasteiger partial charge < -0.3 is 14.3 Å². The Morgan fingerprint density at radius 2 is 2.35 bits per heavy atom. The molecule has 1 unspecified atom stereocenters. The molecule has 1 aliphatic rings. The highest BCUT2D eigenvalue weighted by Crippen LogP contribution is 2.23. The van der Waals surface area contributed by atoms with E-state index in [2.05, 4.69) is 10.3 Å². The Morgan fingerprint density at radius 3 is 3.15 bits per heavy atom. The zero-order chi connectivity index (χ0) is 13.9. The van der Waals surface area contributed by atoms with Gasteiger partial charge >= 0.3 is 0 Å². The summed E-state index contributed by atoms with van der Waals surface area (Å²) < 4.78 is 7.22. The fourth-order valence-electron chi connectivity index (χ4n) is 2.69. The van der Waals surface area contributed by atoms with Gasteiger partial charge in [0.1, 0.15) is 11.8 Å². The molecule has 2 aromatic rings. The number of imidazole rings is 1. The maximum Gasteiger partial charge on any atom is 0.243 e. The van der Waals surface area contributed by atoms with E-state index in [1.807, 2.05) is 23.6 Å². The molecule has 1 aliphatic carbocycles. The molecule has 5 heteroatoms. The SMILES string of the molecule is CC(C(=O)NCc1ccco1)n1cnc2c1CCCC2. The molecule has 3 rings (SSSR count). The summed E-state index contributed by atoms with van der Waals surface area (Å²) in [5.41, 5.74) is 2.37. The van der Waals surface area contributed by atoms with Crippen LogP contribution in [0, 0.1) is 0 Å². The van der Waals surface area contributed by atoms with Crippen molar-refractivity contribution in [2.75, 3.05) is 0 Å². The zero-order valence-corrected chi connectivity index (χ0v) is 11.6. The van der Waals surface area contributed by atoms with Gasteiger partial charge in [-0.15, -0.1) is 0 Å². The van der Waals surface area contributed by atoms with Crippen molar-refractivity contribution in [2.45, 2.75) is 45.2 Å². The first-order valence-corrected chi connectivity index (χ1v) is 7.10. The van der Waals surface area contributed by atoms with Gasteiger partial charge in [0.15, 0.2) is 0 Å². The second-order valence-corrected chi connectivity index (χ2v) is 5.23. The molecule has 1 N–H and O–H groups in total. The number of rotatable bonds is 4. The largest absolute Gasteiger partial charge is 0.467 e. The van der Waals surface area contributed by atoms with Crippen LogP contribution in [0.2, 0.25) is 0 Å². The highest BCUT2D eigenvalue weighted by atomic mass is 16.3. The average Bonchev–Trinajstić information content (AvgIpc) is 3.13. The smallest absolute Gasteiger partial charge is 0.243 e. The Hall–Kier alpha value is -2.04. The van der Waals surface area contributed by atoms with Crippen molar-refractivity contribution in [1.29, 1.82) is 0 Å². The summed E-state index contributed by atoms with van der Waals surface area (Å²) in [7, 11) is 0. The van der Waals surface area contributed by atoms with Crippen LogP contribution in [0.25, 0.3) is 0 Å². The minimum absolute atomic E-state index is 0.00725. The molecule has 1 atom stereocenters. The first-order chi connectivity index (χ1) is 9.75. The normalized spacial score (nSPS) is 15.7. The van der Waals surface area contributed by atoms with Crippen LogP contribution in [-0.4, -0.2) is 15.5 Å². The fourth-order valence-corrected chi connectivity index (χ4v) is 2.69. The maximum atomic E-state index is 12.2. The van der Waals surface area contributed by atoms with Crippen LogP contribution in [-0.2, 0) is 24.2 Å². The number of aromatic nitrogens is 2. The quantitative estimate of drug-likeness (QED) is 0.929. The highest BCUT2D eigenvalue weighted by molar-refractivity contribution is 5.79. The van der Waals surface area contributed by atoms with Gasteiger partial charge in [-0.1, -0.05) is 0 Å². The van der Waals surface area contributed by atoms with E-state index in [1.165, 1.54) is 18.5 Å². The summed E-state index contributed by atoms with van der Waals surface area (Å²) in [6.45, 7) is 2.33. The van der Waals surface area contributed by atoms with E-state index in [0.29, 0.717) is 6.54 Å². The molecule has 0 spiro atoms. The molecule has 0 saturated heterocycles. The van der Waals surface area contributed by atoms with E-state index in [9.17, 15) is 4.79 Å². The van der Waals surface area contributed by atoms with Gasteiger partial charge in [-0.05, 0) is 44.7 Å². The third-order valence-corrected chi connectivity index (χ3v) is 3.87. The van der Waals surface area contributed by atoms with Crippen molar-refractivity contribution in [3.63, 3.8) is 0 Å². The monoisotopic (exact) mass is 273 g/mol. The van der Waals surface area contributed by atoms with Crippen LogP contribution in [0.3, 0.4) is 0 Å². The molecule has 2 aromatic heterocycles. The lowest BCUT2D eigenvalue weighted by Gasteiger charge is -2.19. The molecule has 5 nitrogen and oxygen atoms in total. The topological polar surface area (TPSA) is 60.1 Å². The van der Waals surface area contributed by atoms with Crippen LogP contribution >= 0.6 is 0 Å². The molecule has 2 heterocycles. The second kappa shape index (κ2) is 5.53. The number of nitrogens with zero attached hydrogens (tertiary/aromatic N) is 2. The molecule has 0 aliphatic heterocycles. The van der Waals surface area contributed by atoms with E-state index < -0.39 is 0 Å². The van der Waals surface area contributed by atoms with Gasteiger partial charge in [0.2, 0.25) is 5.91 Å². The maximum absolute atomic E-state index is 12.2. The van der Waals surface area contributed by atoms with Crippen LogP contribution in [0.15, 0.2) is 29.1 Å². The predicted octanol–water partition coefficient (Wildman–Crippen LogP) is 2.23. The third kappa shape index (κ3) is 2.48. The Morgan fingerprint density at radius 1 is 1.50 bits per heavy atom. The summed E-state index contributed by atoms with van der Waals surface area (Å²) in [6.07, 6.45) is 7.83. The lowest BCUT2D eigenvalue weighted by molar-refractivity contribution is -0.124. The number of carbonyl (C=O) groups is 1. The van der Waals surface area contributed by atoms with Crippen molar-refractivity contribution >= 4 is 5.91 Å². The van der Waals surface area contributed by atoms with Gasteiger partial charge in [0.05, 0.1) is 24.8 Å². The minimum Gasteiger partial charge on any atom is -0.467 e. The lowest BCUT2D eigenvalue weighted by Crippen LogP contribution is -2.31. The van der Waals surface area contributed by atoms with Gasteiger partial charge in [0, 0.05) is 5.69 Å². The van der Waals surface area contributed by atoms with E-state index >= 15 is 0 Å². The summed E-state index contributed by atoms with van der Waals surface area (Å²) in [4.78, 5) is 16.7. The number of carbonyl (C=O) groups excluding carboxylic acids is 1.